The molecule has 0 heterocycles. The highest BCUT2D eigenvalue weighted by atomic mass is 32.2. The van der Waals surface area contributed by atoms with Gasteiger partial charge in [0.2, 0.25) is 0 Å². The molecular weight excluding hydrogens is 274 g/mol. The Morgan fingerprint density at radius 1 is 1.15 bits per heavy atom. The van der Waals surface area contributed by atoms with Gasteiger partial charge in [0.1, 0.15) is 5.75 Å². The molecule has 2 rings (SSSR count). The molecule has 0 bridgehead atoms. The summed E-state index contributed by atoms with van der Waals surface area (Å²) in [5.41, 5.74) is 0.667. The van der Waals surface area contributed by atoms with Crippen molar-refractivity contribution >= 4 is 17.4 Å². The highest BCUT2D eigenvalue weighted by Gasteiger charge is 2.13. The predicted octanol–water partition coefficient (Wildman–Crippen LogP) is 4.07. The molecule has 0 radical (unpaired) electrons. The number of nitro groups is 1. The molecule has 0 N–H and O–H groups in total. The first-order valence-electron chi connectivity index (χ1n) is 6.23. The van der Waals surface area contributed by atoms with E-state index in [0.717, 1.165) is 5.75 Å². The predicted molar refractivity (Wildman–Crippen MR) is 80.5 cm³/mol. The quantitative estimate of drug-likeness (QED) is 0.348. The van der Waals surface area contributed by atoms with Crippen LogP contribution >= 0.6 is 11.8 Å². The summed E-state index contributed by atoms with van der Waals surface area (Å²) in [6, 6.07) is 14.9. The molecule has 0 aromatic heterocycles. The minimum Gasteiger partial charge on any atom is -0.492 e. The Balaban J connectivity index is 1.88. The van der Waals surface area contributed by atoms with Crippen LogP contribution in [0.3, 0.4) is 0 Å². The van der Waals surface area contributed by atoms with Crippen LogP contribution in [0.5, 0.6) is 5.75 Å². The second-order valence-electron chi connectivity index (χ2n) is 4.17. The zero-order chi connectivity index (χ0) is 14.4. The number of rotatable bonds is 6. The van der Waals surface area contributed by atoms with Crippen LogP contribution in [0.4, 0.5) is 5.69 Å². The molecule has 0 saturated heterocycles. The number of ether oxygens (including phenoxy) is 1. The zero-order valence-corrected chi connectivity index (χ0v) is 11.9. The summed E-state index contributed by atoms with van der Waals surface area (Å²) >= 11 is 1.70. The second kappa shape index (κ2) is 6.96. The van der Waals surface area contributed by atoms with Gasteiger partial charge in [-0.3, -0.25) is 10.1 Å². The third-order valence-electron chi connectivity index (χ3n) is 2.81. The fourth-order valence-corrected chi connectivity index (χ4v) is 2.54. The fraction of sp³-hybridized carbons (Fsp3) is 0.200. The van der Waals surface area contributed by atoms with Crippen LogP contribution in [0.15, 0.2) is 53.4 Å². The molecule has 0 saturated carbocycles. The number of hydrogen-bond acceptors (Lipinski definition) is 4. The minimum absolute atomic E-state index is 0.0956. The van der Waals surface area contributed by atoms with E-state index in [2.05, 4.69) is 0 Å². The molecule has 104 valence electrons. The lowest BCUT2D eigenvalue weighted by molar-refractivity contribution is -0.385. The van der Waals surface area contributed by atoms with E-state index in [-0.39, 0.29) is 10.6 Å². The summed E-state index contributed by atoms with van der Waals surface area (Å²) in [6.07, 6.45) is 0. The average Bonchev–Trinajstić information content (AvgIpc) is 2.46. The van der Waals surface area contributed by atoms with Crippen LogP contribution in [-0.2, 0) is 0 Å². The van der Waals surface area contributed by atoms with Gasteiger partial charge in [-0.2, -0.15) is 0 Å². The lowest BCUT2D eigenvalue weighted by atomic mass is 10.2. The van der Waals surface area contributed by atoms with Gasteiger partial charge in [0.05, 0.1) is 17.1 Å². The maximum absolute atomic E-state index is 10.8. The van der Waals surface area contributed by atoms with Gasteiger partial charge in [-0.1, -0.05) is 24.3 Å². The van der Waals surface area contributed by atoms with E-state index in [1.807, 2.05) is 30.3 Å². The van der Waals surface area contributed by atoms with Crippen molar-refractivity contribution in [2.45, 2.75) is 11.8 Å². The third kappa shape index (κ3) is 3.74. The highest BCUT2D eigenvalue weighted by Crippen LogP contribution is 2.27. The molecule has 4 nitrogen and oxygen atoms in total. The summed E-state index contributed by atoms with van der Waals surface area (Å²) in [7, 11) is 0. The van der Waals surface area contributed by atoms with Gasteiger partial charge >= 0.3 is 0 Å². The summed E-state index contributed by atoms with van der Waals surface area (Å²) in [6.45, 7) is 2.22. The Bertz CT molecular complexity index is 587. The van der Waals surface area contributed by atoms with Gasteiger partial charge in [-0.15, -0.1) is 11.8 Å². The molecule has 0 aliphatic rings. The molecule has 0 unspecified atom stereocenters. The van der Waals surface area contributed by atoms with E-state index in [4.69, 9.17) is 4.74 Å². The van der Waals surface area contributed by atoms with Crippen molar-refractivity contribution in [3.63, 3.8) is 0 Å². The van der Waals surface area contributed by atoms with Gasteiger partial charge in [0.15, 0.2) is 0 Å². The number of hydrogen-bond donors (Lipinski definition) is 0. The average molecular weight is 289 g/mol. The normalized spacial score (nSPS) is 10.2. The molecule has 2 aromatic rings. The van der Waals surface area contributed by atoms with Crippen molar-refractivity contribution < 1.29 is 9.66 Å². The summed E-state index contributed by atoms with van der Waals surface area (Å²) in [5.74, 6) is 1.37. The lowest BCUT2D eigenvalue weighted by Crippen LogP contribution is -2.02. The number of benzene rings is 2. The van der Waals surface area contributed by atoms with Gasteiger partial charge in [-0.05, 0) is 25.1 Å². The Hall–Kier alpha value is -2.01. The van der Waals surface area contributed by atoms with Crippen LogP contribution in [0, 0.1) is 17.0 Å². The Kier molecular flexibility index (Phi) is 5.01. The van der Waals surface area contributed by atoms with Gasteiger partial charge in [0.25, 0.3) is 5.69 Å². The standard InChI is InChI=1S/C15H15NO3S/c1-12-14(16(17)18)8-5-9-15(12)19-10-11-20-13-6-3-2-4-7-13/h2-9H,10-11H2,1H3. The number of nitro benzene ring substituents is 1. The Labute approximate surface area is 121 Å². The maximum atomic E-state index is 10.8. The third-order valence-corrected chi connectivity index (χ3v) is 3.78. The first-order chi connectivity index (χ1) is 9.68. The molecule has 2 aromatic carbocycles. The van der Waals surface area contributed by atoms with E-state index < -0.39 is 0 Å². The van der Waals surface area contributed by atoms with Crippen molar-refractivity contribution in [2.75, 3.05) is 12.4 Å². The summed E-state index contributed by atoms with van der Waals surface area (Å²) < 4.78 is 5.62. The molecule has 0 amide bonds. The van der Waals surface area contributed by atoms with Gasteiger partial charge < -0.3 is 4.74 Å². The summed E-state index contributed by atoms with van der Waals surface area (Å²) in [4.78, 5) is 11.6. The van der Waals surface area contributed by atoms with E-state index in [1.165, 1.54) is 11.0 Å². The molecule has 0 aliphatic heterocycles. The van der Waals surface area contributed by atoms with Crippen LogP contribution in [0.1, 0.15) is 5.56 Å². The van der Waals surface area contributed by atoms with E-state index >= 15 is 0 Å². The largest absolute Gasteiger partial charge is 0.492 e. The van der Waals surface area contributed by atoms with E-state index in [0.29, 0.717) is 17.9 Å². The molecule has 20 heavy (non-hydrogen) atoms. The van der Waals surface area contributed by atoms with Crippen LogP contribution < -0.4 is 4.74 Å². The van der Waals surface area contributed by atoms with Crippen molar-refractivity contribution in [1.82, 2.24) is 0 Å². The first-order valence-corrected chi connectivity index (χ1v) is 7.21. The molecule has 0 atom stereocenters. The number of thioether (sulfide) groups is 1. The smallest absolute Gasteiger partial charge is 0.276 e. The molecular formula is C15H15NO3S. The monoisotopic (exact) mass is 289 g/mol. The maximum Gasteiger partial charge on any atom is 0.276 e. The molecule has 0 spiro atoms. The van der Waals surface area contributed by atoms with Crippen LogP contribution in [0.2, 0.25) is 0 Å². The molecule has 5 heteroatoms. The second-order valence-corrected chi connectivity index (χ2v) is 5.34. The fourth-order valence-electron chi connectivity index (χ4n) is 1.78. The van der Waals surface area contributed by atoms with E-state index in [9.17, 15) is 10.1 Å². The van der Waals surface area contributed by atoms with Crippen molar-refractivity contribution in [3.8, 4) is 5.75 Å². The van der Waals surface area contributed by atoms with Crippen molar-refractivity contribution in [3.05, 3.63) is 64.2 Å². The van der Waals surface area contributed by atoms with Gasteiger partial charge in [-0.25, -0.2) is 0 Å². The molecule has 0 aliphatic carbocycles. The highest BCUT2D eigenvalue weighted by molar-refractivity contribution is 7.99. The van der Waals surface area contributed by atoms with Crippen molar-refractivity contribution in [1.29, 1.82) is 0 Å². The summed E-state index contributed by atoms with van der Waals surface area (Å²) in [5, 5.41) is 10.8. The Morgan fingerprint density at radius 2 is 1.90 bits per heavy atom. The van der Waals surface area contributed by atoms with E-state index in [1.54, 1.807) is 30.8 Å². The zero-order valence-electron chi connectivity index (χ0n) is 11.1. The lowest BCUT2D eigenvalue weighted by Gasteiger charge is -2.09. The number of nitrogens with zero attached hydrogens (tertiary/aromatic N) is 1. The van der Waals surface area contributed by atoms with Crippen LogP contribution in [-0.4, -0.2) is 17.3 Å². The molecule has 0 fully saturated rings. The first kappa shape index (κ1) is 14.4. The Morgan fingerprint density at radius 3 is 2.60 bits per heavy atom. The van der Waals surface area contributed by atoms with Gasteiger partial charge in [0, 0.05) is 16.7 Å². The van der Waals surface area contributed by atoms with Crippen LogP contribution in [0.25, 0.3) is 0 Å². The van der Waals surface area contributed by atoms with Crippen molar-refractivity contribution in [2.24, 2.45) is 0 Å². The minimum atomic E-state index is -0.388. The SMILES string of the molecule is Cc1c(OCCSc2ccccc2)cccc1[N+](=O)[O-]. The topological polar surface area (TPSA) is 52.4 Å².